The Kier molecular flexibility index (Phi) is 3.17. The van der Waals surface area contributed by atoms with E-state index in [0.29, 0.717) is 17.5 Å². The molecule has 7 nitrogen and oxygen atoms in total. The van der Waals surface area contributed by atoms with Gasteiger partial charge in [-0.3, -0.25) is 4.68 Å². The van der Waals surface area contributed by atoms with Crippen molar-refractivity contribution >= 4 is 23.1 Å². The number of aromatic nitrogens is 4. The van der Waals surface area contributed by atoms with Crippen molar-refractivity contribution in [1.29, 1.82) is 0 Å². The first-order chi connectivity index (χ1) is 9.65. The maximum absolute atomic E-state index is 5.76. The van der Waals surface area contributed by atoms with Crippen LogP contribution in [0.5, 0.6) is 0 Å². The number of anilines is 4. The standard InChI is InChI=1S/C13H19N7/c1-8-11(7-20(19-8)6-9-3-4-9)17-13-16-5-10(14)12(15-2)18-13/h5,7,9H,3-4,6,14H2,1-2H3,(H2,15,16,17,18). The third-order valence-corrected chi connectivity index (χ3v) is 3.39. The molecule has 1 saturated carbocycles. The maximum atomic E-state index is 5.76. The van der Waals surface area contributed by atoms with Crippen LogP contribution in [0.15, 0.2) is 12.4 Å². The van der Waals surface area contributed by atoms with E-state index in [1.807, 2.05) is 17.8 Å². The average molecular weight is 273 g/mol. The van der Waals surface area contributed by atoms with E-state index in [9.17, 15) is 0 Å². The largest absolute Gasteiger partial charge is 0.394 e. The number of nitrogen functional groups attached to an aromatic ring is 1. The van der Waals surface area contributed by atoms with Gasteiger partial charge in [0, 0.05) is 19.8 Å². The van der Waals surface area contributed by atoms with Gasteiger partial charge in [-0.05, 0) is 25.7 Å². The lowest BCUT2D eigenvalue weighted by atomic mass is 10.4. The van der Waals surface area contributed by atoms with E-state index in [4.69, 9.17) is 5.73 Å². The Morgan fingerprint density at radius 3 is 2.95 bits per heavy atom. The smallest absolute Gasteiger partial charge is 0.229 e. The highest BCUT2D eigenvalue weighted by molar-refractivity contribution is 5.64. The van der Waals surface area contributed by atoms with Crippen LogP contribution in [0.3, 0.4) is 0 Å². The molecule has 2 aromatic heterocycles. The Hall–Kier alpha value is -2.31. The Bertz CT molecular complexity index is 615. The normalized spacial score (nSPS) is 14.3. The molecule has 1 aliphatic rings. The summed E-state index contributed by atoms with van der Waals surface area (Å²) >= 11 is 0. The molecule has 2 heterocycles. The molecule has 0 unspecified atom stereocenters. The summed E-state index contributed by atoms with van der Waals surface area (Å²) in [7, 11) is 1.78. The van der Waals surface area contributed by atoms with Crippen molar-refractivity contribution in [2.75, 3.05) is 23.4 Å². The quantitative estimate of drug-likeness (QED) is 0.768. The van der Waals surface area contributed by atoms with Gasteiger partial charge in [0.05, 0.1) is 23.3 Å². The predicted molar refractivity (Wildman–Crippen MR) is 79.0 cm³/mol. The van der Waals surface area contributed by atoms with Gasteiger partial charge < -0.3 is 16.4 Å². The average Bonchev–Trinajstić information content (AvgIpc) is 3.17. The molecular formula is C13H19N7. The zero-order chi connectivity index (χ0) is 14.1. The zero-order valence-corrected chi connectivity index (χ0v) is 11.7. The third-order valence-electron chi connectivity index (χ3n) is 3.39. The van der Waals surface area contributed by atoms with E-state index in [-0.39, 0.29) is 0 Å². The first kappa shape index (κ1) is 12.7. The number of rotatable bonds is 5. The molecule has 0 bridgehead atoms. The van der Waals surface area contributed by atoms with Gasteiger partial charge in [-0.1, -0.05) is 0 Å². The van der Waals surface area contributed by atoms with E-state index in [1.165, 1.54) is 12.8 Å². The molecule has 3 rings (SSSR count). The molecule has 106 valence electrons. The van der Waals surface area contributed by atoms with Crippen LogP contribution >= 0.6 is 0 Å². The molecule has 20 heavy (non-hydrogen) atoms. The van der Waals surface area contributed by atoms with E-state index < -0.39 is 0 Å². The molecule has 0 saturated heterocycles. The molecular weight excluding hydrogens is 254 g/mol. The number of nitrogens with zero attached hydrogens (tertiary/aromatic N) is 4. The molecule has 4 N–H and O–H groups in total. The van der Waals surface area contributed by atoms with Gasteiger partial charge in [0.25, 0.3) is 0 Å². The molecule has 0 radical (unpaired) electrons. The molecule has 1 aliphatic carbocycles. The van der Waals surface area contributed by atoms with Crippen LogP contribution in [-0.4, -0.2) is 26.8 Å². The predicted octanol–water partition coefficient (Wildman–Crippen LogP) is 1.76. The van der Waals surface area contributed by atoms with Crippen LogP contribution in [0.1, 0.15) is 18.5 Å². The Morgan fingerprint density at radius 1 is 1.45 bits per heavy atom. The molecule has 7 heteroatoms. The minimum absolute atomic E-state index is 0.512. The van der Waals surface area contributed by atoms with Crippen LogP contribution in [0.25, 0.3) is 0 Å². The number of nitrogens with two attached hydrogens (primary N) is 1. The van der Waals surface area contributed by atoms with Crippen LogP contribution in [0.2, 0.25) is 0 Å². The SMILES string of the molecule is CNc1nc(Nc2cn(CC3CC3)nc2C)ncc1N. The molecule has 0 atom stereocenters. The van der Waals surface area contributed by atoms with Gasteiger partial charge in [-0.15, -0.1) is 0 Å². The van der Waals surface area contributed by atoms with Crippen molar-refractivity contribution in [3.63, 3.8) is 0 Å². The van der Waals surface area contributed by atoms with Gasteiger partial charge in [-0.2, -0.15) is 10.1 Å². The monoisotopic (exact) mass is 273 g/mol. The Balaban J connectivity index is 1.77. The number of hydrogen-bond donors (Lipinski definition) is 3. The van der Waals surface area contributed by atoms with Crippen molar-refractivity contribution in [2.24, 2.45) is 5.92 Å². The van der Waals surface area contributed by atoms with E-state index >= 15 is 0 Å². The van der Waals surface area contributed by atoms with Gasteiger partial charge in [-0.25, -0.2) is 4.98 Å². The zero-order valence-electron chi connectivity index (χ0n) is 11.7. The summed E-state index contributed by atoms with van der Waals surface area (Å²) in [5, 5.41) is 10.6. The minimum atomic E-state index is 0.512. The number of nitrogens with one attached hydrogen (secondary N) is 2. The summed E-state index contributed by atoms with van der Waals surface area (Å²) in [6.45, 7) is 2.97. The van der Waals surface area contributed by atoms with Crippen LogP contribution in [-0.2, 0) is 6.54 Å². The van der Waals surface area contributed by atoms with Gasteiger partial charge in [0.2, 0.25) is 5.95 Å². The highest BCUT2D eigenvalue weighted by Crippen LogP contribution is 2.31. The highest BCUT2D eigenvalue weighted by atomic mass is 15.3. The van der Waals surface area contributed by atoms with Crippen molar-refractivity contribution in [2.45, 2.75) is 26.3 Å². The molecule has 2 aromatic rings. The molecule has 0 spiro atoms. The lowest BCUT2D eigenvalue weighted by Gasteiger charge is -2.07. The summed E-state index contributed by atoms with van der Waals surface area (Å²) in [6.07, 6.45) is 6.22. The molecule has 0 aromatic carbocycles. The molecule has 1 fully saturated rings. The van der Waals surface area contributed by atoms with Crippen molar-refractivity contribution in [3.05, 3.63) is 18.1 Å². The van der Waals surface area contributed by atoms with E-state index in [1.54, 1.807) is 13.2 Å². The summed E-state index contributed by atoms with van der Waals surface area (Å²) in [6, 6.07) is 0. The third kappa shape index (κ3) is 2.66. The van der Waals surface area contributed by atoms with Gasteiger partial charge in [0.1, 0.15) is 0 Å². The topological polar surface area (TPSA) is 93.7 Å². The van der Waals surface area contributed by atoms with Crippen LogP contribution in [0.4, 0.5) is 23.1 Å². The Morgan fingerprint density at radius 2 is 2.25 bits per heavy atom. The van der Waals surface area contributed by atoms with Crippen molar-refractivity contribution in [1.82, 2.24) is 19.7 Å². The second-order valence-electron chi connectivity index (χ2n) is 5.17. The summed E-state index contributed by atoms with van der Waals surface area (Å²) in [5.74, 6) is 1.92. The lowest BCUT2D eigenvalue weighted by Crippen LogP contribution is -2.04. The van der Waals surface area contributed by atoms with Crippen LogP contribution in [0, 0.1) is 12.8 Å². The summed E-state index contributed by atoms with van der Waals surface area (Å²) in [4.78, 5) is 8.50. The van der Waals surface area contributed by atoms with Gasteiger partial charge >= 0.3 is 0 Å². The number of hydrogen-bond acceptors (Lipinski definition) is 6. The lowest BCUT2D eigenvalue weighted by molar-refractivity contribution is 0.560. The van der Waals surface area contributed by atoms with E-state index in [2.05, 4.69) is 25.7 Å². The minimum Gasteiger partial charge on any atom is -0.394 e. The fourth-order valence-electron chi connectivity index (χ4n) is 2.07. The fraction of sp³-hybridized carbons (Fsp3) is 0.462. The maximum Gasteiger partial charge on any atom is 0.229 e. The first-order valence-electron chi connectivity index (χ1n) is 6.77. The van der Waals surface area contributed by atoms with Crippen molar-refractivity contribution in [3.8, 4) is 0 Å². The van der Waals surface area contributed by atoms with Crippen molar-refractivity contribution < 1.29 is 0 Å². The second-order valence-corrected chi connectivity index (χ2v) is 5.17. The summed E-state index contributed by atoms with van der Waals surface area (Å²) in [5.41, 5.74) is 8.15. The van der Waals surface area contributed by atoms with E-state index in [0.717, 1.165) is 23.8 Å². The molecule has 0 aliphatic heterocycles. The van der Waals surface area contributed by atoms with Gasteiger partial charge in [0.15, 0.2) is 5.82 Å². The summed E-state index contributed by atoms with van der Waals surface area (Å²) < 4.78 is 1.99. The Labute approximate surface area is 117 Å². The fourth-order valence-corrected chi connectivity index (χ4v) is 2.07. The number of aryl methyl sites for hydroxylation is 1. The highest BCUT2D eigenvalue weighted by Gasteiger charge is 2.22. The second kappa shape index (κ2) is 4.99. The molecule has 0 amide bonds. The first-order valence-corrected chi connectivity index (χ1v) is 6.77. The van der Waals surface area contributed by atoms with Crippen LogP contribution < -0.4 is 16.4 Å².